The van der Waals surface area contributed by atoms with Crippen molar-refractivity contribution < 1.29 is 13.2 Å². The standard InChI is InChI=1S/C18H29N3O3S.ClH/c1-20-25(23,24)16-10-7-14(8-11-16)9-12-18(22)21-17(13-19)15-5-3-2-4-6-15;/h7-8,10-11,15,17,20H,2-6,9,12-13,19H2,1H3,(H,21,22);1H. The van der Waals surface area contributed by atoms with E-state index in [-0.39, 0.29) is 29.3 Å². The fourth-order valence-corrected chi connectivity index (χ4v) is 4.13. The second kappa shape index (κ2) is 10.9. The van der Waals surface area contributed by atoms with Gasteiger partial charge in [0.15, 0.2) is 0 Å². The van der Waals surface area contributed by atoms with Crippen LogP contribution >= 0.6 is 12.4 Å². The molecule has 0 bridgehead atoms. The molecule has 0 spiro atoms. The summed E-state index contributed by atoms with van der Waals surface area (Å²) in [4.78, 5) is 12.5. The molecule has 2 rings (SSSR count). The van der Waals surface area contributed by atoms with Crippen molar-refractivity contribution in [2.24, 2.45) is 11.7 Å². The third-order valence-corrected chi connectivity index (χ3v) is 6.39. The number of rotatable bonds is 8. The molecule has 1 aliphatic rings. The van der Waals surface area contributed by atoms with Crippen LogP contribution in [0.1, 0.15) is 44.1 Å². The molecule has 8 heteroatoms. The van der Waals surface area contributed by atoms with E-state index in [9.17, 15) is 13.2 Å². The zero-order chi connectivity index (χ0) is 18.3. The van der Waals surface area contributed by atoms with Gasteiger partial charge in [-0.05, 0) is 49.9 Å². The van der Waals surface area contributed by atoms with Gasteiger partial charge in [0.25, 0.3) is 0 Å². The third-order valence-electron chi connectivity index (χ3n) is 4.96. The molecular formula is C18H30ClN3O3S. The summed E-state index contributed by atoms with van der Waals surface area (Å²) in [6, 6.07) is 6.68. The molecule has 1 fully saturated rings. The van der Waals surface area contributed by atoms with E-state index in [2.05, 4.69) is 10.0 Å². The summed E-state index contributed by atoms with van der Waals surface area (Å²) < 4.78 is 25.7. The topological polar surface area (TPSA) is 101 Å². The molecule has 4 N–H and O–H groups in total. The Morgan fingerprint density at radius 2 is 1.81 bits per heavy atom. The molecule has 0 radical (unpaired) electrons. The van der Waals surface area contributed by atoms with E-state index in [4.69, 9.17) is 5.73 Å². The fourth-order valence-electron chi connectivity index (χ4n) is 3.40. The maximum absolute atomic E-state index is 12.2. The minimum atomic E-state index is -3.42. The van der Waals surface area contributed by atoms with E-state index in [0.29, 0.717) is 25.3 Å². The van der Waals surface area contributed by atoms with Gasteiger partial charge < -0.3 is 11.1 Å². The molecule has 26 heavy (non-hydrogen) atoms. The largest absolute Gasteiger partial charge is 0.352 e. The molecule has 1 amide bonds. The van der Waals surface area contributed by atoms with Crippen LogP contribution in [0.3, 0.4) is 0 Å². The Morgan fingerprint density at radius 3 is 2.35 bits per heavy atom. The van der Waals surface area contributed by atoms with Crippen LogP contribution in [0.15, 0.2) is 29.2 Å². The number of nitrogens with one attached hydrogen (secondary N) is 2. The van der Waals surface area contributed by atoms with Crippen molar-refractivity contribution in [2.45, 2.75) is 55.9 Å². The van der Waals surface area contributed by atoms with Crippen LogP contribution in [0.4, 0.5) is 0 Å². The lowest BCUT2D eigenvalue weighted by molar-refractivity contribution is -0.122. The number of sulfonamides is 1. The van der Waals surface area contributed by atoms with Gasteiger partial charge in [-0.25, -0.2) is 13.1 Å². The van der Waals surface area contributed by atoms with Crippen LogP contribution in [0, 0.1) is 5.92 Å². The van der Waals surface area contributed by atoms with E-state index in [1.807, 2.05) is 0 Å². The van der Waals surface area contributed by atoms with Gasteiger partial charge in [-0.3, -0.25) is 4.79 Å². The quantitative estimate of drug-likeness (QED) is 0.617. The fraction of sp³-hybridized carbons (Fsp3) is 0.611. The molecule has 0 aliphatic heterocycles. The molecule has 6 nitrogen and oxygen atoms in total. The molecule has 0 heterocycles. The Balaban J connectivity index is 0.00000338. The van der Waals surface area contributed by atoms with E-state index < -0.39 is 10.0 Å². The third kappa shape index (κ3) is 6.54. The summed E-state index contributed by atoms with van der Waals surface area (Å²) >= 11 is 0. The Hall–Kier alpha value is -1.15. The number of halogens is 1. The predicted molar refractivity (Wildman–Crippen MR) is 106 cm³/mol. The molecule has 1 unspecified atom stereocenters. The zero-order valence-electron chi connectivity index (χ0n) is 15.2. The van der Waals surface area contributed by atoms with Crippen molar-refractivity contribution in [3.63, 3.8) is 0 Å². The number of aryl methyl sites for hydroxylation is 1. The maximum Gasteiger partial charge on any atom is 0.240 e. The Bertz CT molecular complexity index is 659. The predicted octanol–water partition coefficient (Wildman–Crippen LogP) is 1.97. The van der Waals surface area contributed by atoms with Crippen molar-refractivity contribution in [3.05, 3.63) is 29.8 Å². The summed E-state index contributed by atoms with van der Waals surface area (Å²) in [5.41, 5.74) is 6.79. The van der Waals surface area contributed by atoms with E-state index in [0.717, 1.165) is 18.4 Å². The normalized spacial score (nSPS) is 16.5. The van der Waals surface area contributed by atoms with Crippen LogP contribution in [0.25, 0.3) is 0 Å². The monoisotopic (exact) mass is 403 g/mol. The lowest BCUT2D eigenvalue weighted by Crippen LogP contribution is -2.45. The highest BCUT2D eigenvalue weighted by atomic mass is 35.5. The molecule has 1 saturated carbocycles. The zero-order valence-corrected chi connectivity index (χ0v) is 16.9. The number of carbonyl (C=O) groups is 1. The highest BCUT2D eigenvalue weighted by Crippen LogP contribution is 2.26. The lowest BCUT2D eigenvalue weighted by Gasteiger charge is -2.30. The number of nitrogens with two attached hydrogens (primary N) is 1. The van der Waals surface area contributed by atoms with Crippen LogP contribution in [-0.4, -0.2) is 34.0 Å². The van der Waals surface area contributed by atoms with Gasteiger partial charge in [0.1, 0.15) is 0 Å². The first kappa shape index (κ1) is 22.9. The molecule has 1 aromatic rings. The second-order valence-electron chi connectivity index (χ2n) is 6.66. The SMILES string of the molecule is CNS(=O)(=O)c1ccc(CCC(=O)NC(CN)C2CCCCC2)cc1.Cl. The van der Waals surface area contributed by atoms with Crippen LogP contribution in [0.2, 0.25) is 0 Å². The highest BCUT2D eigenvalue weighted by Gasteiger charge is 2.23. The molecule has 0 saturated heterocycles. The van der Waals surface area contributed by atoms with Gasteiger partial charge in [-0.15, -0.1) is 12.4 Å². The molecular weight excluding hydrogens is 374 g/mol. The van der Waals surface area contributed by atoms with E-state index in [1.165, 1.54) is 26.3 Å². The average Bonchev–Trinajstić information content (AvgIpc) is 2.65. The number of carbonyl (C=O) groups excluding carboxylic acids is 1. The summed E-state index contributed by atoms with van der Waals surface area (Å²) in [5.74, 6) is 0.502. The number of hydrogen-bond acceptors (Lipinski definition) is 4. The summed E-state index contributed by atoms with van der Waals surface area (Å²) in [6.45, 7) is 0.479. The van der Waals surface area contributed by atoms with Crippen molar-refractivity contribution in [1.29, 1.82) is 0 Å². The average molecular weight is 404 g/mol. The van der Waals surface area contributed by atoms with Gasteiger partial charge >= 0.3 is 0 Å². The smallest absolute Gasteiger partial charge is 0.240 e. The van der Waals surface area contributed by atoms with E-state index >= 15 is 0 Å². The minimum Gasteiger partial charge on any atom is -0.352 e. The number of hydrogen-bond donors (Lipinski definition) is 3. The van der Waals surface area contributed by atoms with Gasteiger partial charge in [-0.2, -0.15) is 0 Å². The van der Waals surface area contributed by atoms with E-state index in [1.54, 1.807) is 24.3 Å². The summed E-state index contributed by atoms with van der Waals surface area (Å²) in [6.07, 6.45) is 6.96. The summed E-state index contributed by atoms with van der Waals surface area (Å²) in [7, 11) is -2.04. The van der Waals surface area contributed by atoms with Crippen LogP contribution in [0.5, 0.6) is 0 Å². The first-order chi connectivity index (χ1) is 12.0. The Labute approximate surface area is 162 Å². The summed E-state index contributed by atoms with van der Waals surface area (Å²) in [5, 5.41) is 3.08. The minimum absolute atomic E-state index is 0. The van der Waals surface area contributed by atoms with Crippen molar-refractivity contribution in [2.75, 3.05) is 13.6 Å². The van der Waals surface area contributed by atoms with Crippen molar-refractivity contribution in [3.8, 4) is 0 Å². The number of amides is 1. The van der Waals surface area contributed by atoms with Crippen molar-refractivity contribution in [1.82, 2.24) is 10.0 Å². The van der Waals surface area contributed by atoms with Gasteiger partial charge in [0.05, 0.1) is 4.90 Å². The second-order valence-corrected chi connectivity index (χ2v) is 8.55. The van der Waals surface area contributed by atoms with Gasteiger partial charge in [-0.1, -0.05) is 31.4 Å². The first-order valence-corrected chi connectivity index (χ1v) is 10.5. The molecule has 1 aliphatic carbocycles. The van der Waals surface area contributed by atoms with Crippen molar-refractivity contribution >= 4 is 28.3 Å². The van der Waals surface area contributed by atoms with Gasteiger partial charge in [0.2, 0.25) is 15.9 Å². The highest BCUT2D eigenvalue weighted by molar-refractivity contribution is 7.89. The Morgan fingerprint density at radius 1 is 1.19 bits per heavy atom. The first-order valence-electron chi connectivity index (χ1n) is 8.98. The van der Waals surface area contributed by atoms with Gasteiger partial charge in [0, 0.05) is 19.0 Å². The molecule has 0 aromatic heterocycles. The number of benzene rings is 1. The van der Waals surface area contributed by atoms with Crippen LogP contribution < -0.4 is 15.8 Å². The van der Waals surface area contributed by atoms with Crippen LogP contribution in [-0.2, 0) is 21.2 Å². The maximum atomic E-state index is 12.2. The molecule has 148 valence electrons. The lowest BCUT2D eigenvalue weighted by atomic mass is 9.84. The molecule has 1 atom stereocenters. The Kier molecular flexibility index (Phi) is 9.57. The molecule has 1 aromatic carbocycles.